The van der Waals surface area contributed by atoms with E-state index in [9.17, 15) is 13.5 Å². The number of aryl methyl sites for hydroxylation is 1. The van der Waals surface area contributed by atoms with E-state index >= 15 is 0 Å². The van der Waals surface area contributed by atoms with Gasteiger partial charge in [-0.1, -0.05) is 52.5 Å². The molecule has 0 radical (unpaired) electrons. The number of halogens is 3. The fraction of sp³-hybridized carbons (Fsp3) is 0.0769. The van der Waals surface area contributed by atoms with Gasteiger partial charge in [-0.15, -0.1) is 0 Å². The van der Waals surface area contributed by atoms with Gasteiger partial charge < -0.3 is 5.11 Å². The Labute approximate surface area is 137 Å². The lowest BCUT2D eigenvalue weighted by atomic mass is 10.2. The SMILES string of the molecule is Cc1ccc(S(=O)(=O)Nc2cc(Cl)c(O)c(Cl)c2Cl)cc1. The van der Waals surface area contributed by atoms with Crippen LogP contribution in [0.1, 0.15) is 5.56 Å². The zero-order valence-electron chi connectivity index (χ0n) is 10.7. The van der Waals surface area contributed by atoms with Gasteiger partial charge in [-0.25, -0.2) is 8.42 Å². The second-order valence-electron chi connectivity index (χ2n) is 4.30. The average Bonchev–Trinajstić information content (AvgIpc) is 2.42. The lowest BCUT2D eigenvalue weighted by molar-refractivity contribution is 0.476. The predicted molar refractivity (Wildman–Crippen MR) is 85.1 cm³/mol. The van der Waals surface area contributed by atoms with Crippen molar-refractivity contribution < 1.29 is 13.5 Å². The van der Waals surface area contributed by atoms with E-state index in [2.05, 4.69) is 4.72 Å². The zero-order valence-corrected chi connectivity index (χ0v) is 13.8. The summed E-state index contributed by atoms with van der Waals surface area (Å²) in [6.45, 7) is 1.85. The Morgan fingerprint density at radius 2 is 1.62 bits per heavy atom. The van der Waals surface area contributed by atoms with Crippen LogP contribution in [0.4, 0.5) is 5.69 Å². The molecule has 0 atom stereocenters. The summed E-state index contributed by atoms with van der Waals surface area (Å²) in [7, 11) is -3.83. The lowest BCUT2D eigenvalue weighted by Gasteiger charge is -2.12. The van der Waals surface area contributed by atoms with Gasteiger partial charge in [-0.05, 0) is 25.1 Å². The number of aromatic hydroxyl groups is 1. The highest BCUT2D eigenvalue weighted by atomic mass is 35.5. The second-order valence-corrected chi connectivity index (χ2v) is 7.15. The first-order chi connectivity index (χ1) is 9.72. The van der Waals surface area contributed by atoms with Gasteiger partial charge in [0.2, 0.25) is 0 Å². The fourth-order valence-electron chi connectivity index (χ4n) is 1.58. The number of rotatable bonds is 3. The summed E-state index contributed by atoms with van der Waals surface area (Å²) in [5.74, 6) is -0.401. The molecule has 0 bridgehead atoms. The molecule has 0 aromatic heterocycles. The number of hydrogen-bond acceptors (Lipinski definition) is 3. The second kappa shape index (κ2) is 5.93. The van der Waals surface area contributed by atoms with Crippen molar-refractivity contribution in [2.75, 3.05) is 4.72 Å². The molecule has 0 aliphatic carbocycles. The van der Waals surface area contributed by atoms with E-state index in [0.717, 1.165) is 5.56 Å². The van der Waals surface area contributed by atoms with Crippen LogP contribution >= 0.6 is 34.8 Å². The minimum atomic E-state index is -3.83. The molecule has 2 aromatic rings. The van der Waals surface area contributed by atoms with Crippen LogP contribution in [-0.4, -0.2) is 13.5 Å². The van der Waals surface area contributed by atoms with Crippen molar-refractivity contribution in [2.45, 2.75) is 11.8 Å². The highest BCUT2D eigenvalue weighted by Gasteiger charge is 2.19. The van der Waals surface area contributed by atoms with Gasteiger partial charge in [0.15, 0.2) is 5.75 Å². The van der Waals surface area contributed by atoms with Crippen molar-refractivity contribution in [3.8, 4) is 5.75 Å². The van der Waals surface area contributed by atoms with E-state index in [1.165, 1.54) is 18.2 Å². The number of phenols is 1. The third-order valence-electron chi connectivity index (χ3n) is 2.71. The largest absolute Gasteiger partial charge is 0.505 e. The Morgan fingerprint density at radius 3 is 2.19 bits per heavy atom. The summed E-state index contributed by atoms with van der Waals surface area (Å²) < 4.78 is 26.8. The first-order valence-corrected chi connectivity index (χ1v) is 8.30. The fourth-order valence-corrected chi connectivity index (χ4v) is 3.35. The summed E-state index contributed by atoms with van der Waals surface area (Å²) in [5.41, 5.74) is 0.924. The first-order valence-electron chi connectivity index (χ1n) is 5.68. The van der Waals surface area contributed by atoms with E-state index in [1.807, 2.05) is 6.92 Å². The van der Waals surface area contributed by atoms with Gasteiger partial charge in [-0.3, -0.25) is 4.72 Å². The number of sulfonamides is 1. The minimum Gasteiger partial charge on any atom is -0.505 e. The number of hydrogen-bond donors (Lipinski definition) is 2. The van der Waals surface area contributed by atoms with Crippen molar-refractivity contribution in [2.24, 2.45) is 0 Å². The Balaban J connectivity index is 2.44. The Bertz CT molecular complexity index is 789. The highest BCUT2D eigenvalue weighted by molar-refractivity contribution is 7.92. The van der Waals surface area contributed by atoms with Crippen LogP contribution in [0.5, 0.6) is 5.75 Å². The van der Waals surface area contributed by atoms with Gasteiger partial charge in [-0.2, -0.15) is 0 Å². The van der Waals surface area contributed by atoms with Crippen molar-refractivity contribution in [3.63, 3.8) is 0 Å². The normalized spacial score (nSPS) is 11.4. The molecule has 8 heteroatoms. The van der Waals surface area contributed by atoms with Gasteiger partial charge in [0, 0.05) is 0 Å². The molecule has 0 fully saturated rings. The van der Waals surface area contributed by atoms with E-state index in [1.54, 1.807) is 12.1 Å². The van der Waals surface area contributed by atoms with E-state index in [4.69, 9.17) is 34.8 Å². The maximum absolute atomic E-state index is 12.3. The van der Waals surface area contributed by atoms with Crippen molar-refractivity contribution in [1.29, 1.82) is 0 Å². The maximum atomic E-state index is 12.3. The molecule has 0 saturated carbocycles. The predicted octanol–water partition coefficient (Wildman–Crippen LogP) is 4.46. The molecule has 0 spiro atoms. The Morgan fingerprint density at radius 1 is 1.05 bits per heavy atom. The standard InChI is InChI=1S/C13H10Cl3NO3S/c1-7-2-4-8(5-3-7)21(19,20)17-10-6-9(14)13(18)12(16)11(10)15/h2-6,17-18H,1H3. The molecule has 2 N–H and O–H groups in total. The third kappa shape index (κ3) is 3.37. The molecule has 0 unspecified atom stereocenters. The molecule has 21 heavy (non-hydrogen) atoms. The minimum absolute atomic E-state index is 0.00922. The van der Waals surface area contributed by atoms with E-state index in [0.29, 0.717) is 0 Å². The van der Waals surface area contributed by atoms with Crippen LogP contribution in [0, 0.1) is 6.92 Å². The molecule has 0 amide bonds. The molecule has 2 rings (SSSR count). The summed E-state index contributed by atoms with van der Waals surface area (Å²) in [6.07, 6.45) is 0. The first kappa shape index (κ1) is 16.2. The van der Waals surface area contributed by atoms with Gasteiger partial charge in [0.05, 0.1) is 20.6 Å². The van der Waals surface area contributed by atoms with Crippen LogP contribution in [0.2, 0.25) is 15.1 Å². The topological polar surface area (TPSA) is 66.4 Å². The Kier molecular flexibility index (Phi) is 4.58. The molecule has 4 nitrogen and oxygen atoms in total. The summed E-state index contributed by atoms with van der Waals surface area (Å²) in [6, 6.07) is 7.47. The van der Waals surface area contributed by atoms with Crippen molar-refractivity contribution in [3.05, 3.63) is 51.0 Å². The lowest BCUT2D eigenvalue weighted by Crippen LogP contribution is -2.13. The van der Waals surface area contributed by atoms with Crippen molar-refractivity contribution >= 4 is 50.5 Å². The Hall–Kier alpha value is -1.14. The number of anilines is 1. The van der Waals surface area contributed by atoms with Gasteiger partial charge in [0.25, 0.3) is 10.0 Å². The van der Waals surface area contributed by atoms with Crippen LogP contribution in [0.3, 0.4) is 0 Å². The molecular weight excluding hydrogens is 357 g/mol. The molecule has 0 aliphatic rings. The quantitative estimate of drug-likeness (QED) is 0.622. The average molecular weight is 367 g/mol. The monoisotopic (exact) mass is 365 g/mol. The molecular formula is C13H10Cl3NO3S. The van der Waals surface area contributed by atoms with Gasteiger partial charge >= 0.3 is 0 Å². The number of phenolic OH excluding ortho intramolecular Hbond substituents is 1. The van der Waals surface area contributed by atoms with Crippen LogP contribution in [0.15, 0.2) is 35.2 Å². The summed E-state index contributed by atoms with van der Waals surface area (Å²) >= 11 is 17.5. The third-order valence-corrected chi connectivity index (χ3v) is 5.24. The molecule has 0 aliphatic heterocycles. The van der Waals surface area contributed by atoms with E-state index < -0.39 is 15.8 Å². The summed E-state index contributed by atoms with van der Waals surface area (Å²) in [5, 5.41) is 9.08. The zero-order chi connectivity index (χ0) is 15.8. The number of benzene rings is 2. The van der Waals surface area contributed by atoms with Crippen molar-refractivity contribution in [1.82, 2.24) is 0 Å². The maximum Gasteiger partial charge on any atom is 0.261 e. The van der Waals surface area contributed by atoms with E-state index in [-0.39, 0.29) is 25.7 Å². The molecule has 0 saturated heterocycles. The molecule has 112 valence electrons. The van der Waals surface area contributed by atoms with Gasteiger partial charge in [0.1, 0.15) is 5.02 Å². The molecule has 2 aromatic carbocycles. The number of nitrogens with one attached hydrogen (secondary N) is 1. The van der Waals surface area contributed by atoms with Crippen LogP contribution < -0.4 is 4.72 Å². The van der Waals surface area contributed by atoms with Crippen LogP contribution in [0.25, 0.3) is 0 Å². The van der Waals surface area contributed by atoms with Crippen LogP contribution in [-0.2, 0) is 10.0 Å². The molecule has 0 heterocycles. The summed E-state index contributed by atoms with van der Waals surface area (Å²) in [4.78, 5) is 0.0736. The smallest absolute Gasteiger partial charge is 0.261 e. The highest BCUT2D eigenvalue weighted by Crippen LogP contribution is 2.42.